The van der Waals surface area contributed by atoms with E-state index in [1.54, 1.807) is 0 Å². The van der Waals surface area contributed by atoms with Gasteiger partial charge in [0, 0.05) is 27.4 Å². The molecule has 0 amide bonds. The zero-order valence-electron chi connectivity index (χ0n) is 7.02. The molecule has 0 heterocycles. The van der Waals surface area contributed by atoms with Crippen LogP contribution in [0, 0.1) is 0 Å². The minimum atomic E-state index is -1.17. The topological polar surface area (TPSA) is 101 Å². The molecule has 0 atom stereocenters. The molecule has 0 bridgehead atoms. The van der Waals surface area contributed by atoms with Crippen molar-refractivity contribution in [3.05, 3.63) is 29.3 Å². The van der Waals surface area contributed by atoms with E-state index in [0.717, 1.165) is 6.07 Å². The number of hydrogen-bond donors (Lipinski definition) is 3. The quantitative estimate of drug-likeness (QED) is 0.510. The molecule has 14 heavy (non-hydrogen) atoms. The number of nitrogen functional groups attached to an aromatic ring is 1. The van der Waals surface area contributed by atoms with Gasteiger partial charge in [-0.25, -0.2) is 9.59 Å². The molecule has 0 aromatic heterocycles. The number of rotatable bonds is 2. The first-order valence-electron chi connectivity index (χ1n) is 3.38. The first kappa shape index (κ1) is 12.7. The van der Waals surface area contributed by atoms with E-state index in [1.165, 1.54) is 12.1 Å². The van der Waals surface area contributed by atoms with Gasteiger partial charge in [-0.15, -0.1) is 0 Å². The summed E-state index contributed by atoms with van der Waals surface area (Å²) in [4.78, 5) is 20.9. The largest absolute Gasteiger partial charge is 0.478 e. The van der Waals surface area contributed by atoms with E-state index in [-0.39, 0.29) is 38.5 Å². The fraction of sp³-hybridized carbons (Fsp3) is 0. The predicted molar refractivity (Wildman–Crippen MR) is 44.8 cm³/mol. The van der Waals surface area contributed by atoms with Crippen molar-refractivity contribution in [1.29, 1.82) is 0 Å². The monoisotopic (exact) mass is 229 g/mol. The Balaban J connectivity index is 0.00000169. The van der Waals surface area contributed by atoms with Crippen molar-refractivity contribution in [2.45, 2.75) is 0 Å². The molecule has 0 aliphatic carbocycles. The van der Waals surface area contributed by atoms with Gasteiger partial charge in [0.15, 0.2) is 0 Å². The van der Waals surface area contributed by atoms with E-state index in [9.17, 15) is 9.59 Å². The Hall–Kier alpha value is -1.33. The van der Waals surface area contributed by atoms with Gasteiger partial charge >= 0.3 is 11.9 Å². The Bertz CT molecular complexity index is 378. The van der Waals surface area contributed by atoms with Crippen LogP contribution in [0.2, 0.25) is 0 Å². The Labute approximate surface area is 94.4 Å². The summed E-state index contributed by atoms with van der Waals surface area (Å²) in [6.07, 6.45) is 0. The second kappa shape index (κ2) is 4.78. The third-order valence-corrected chi connectivity index (χ3v) is 1.53. The zero-order chi connectivity index (χ0) is 10.0. The van der Waals surface area contributed by atoms with Crippen LogP contribution < -0.4 is 5.73 Å². The minimum Gasteiger partial charge on any atom is -0.478 e. The Morgan fingerprint density at radius 2 is 1.71 bits per heavy atom. The first-order valence-corrected chi connectivity index (χ1v) is 3.38. The van der Waals surface area contributed by atoms with Gasteiger partial charge in [0.2, 0.25) is 0 Å². The molecule has 1 aromatic rings. The molecule has 1 aromatic carbocycles. The van der Waals surface area contributed by atoms with Crippen LogP contribution in [0.3, 0.4) is 0 Å². The molecule has 0 spiro atoms. The maximum Gasteiger partial charge on any atom is 0.337 e. The molecule has 0 radical (unpaired) electrons. The molecule has 1 rings (SSSR count). The third kappa shape index (κ3) is 2.58. The molecule has 6 heteroatoms. The zero-order valence-corrected chi connectivity index (χ0v) is 8.58. The molecule has 4 N–H and O–H groups in total. The second-order valence-electron chi connectivity index (χ2n) is 2.41. The van der Waals surface area contributed by atoms with E-state index in [4.69, 9.17) is 15.9 Å². The van der Waals surface area contributed by atoms with E-state index < -0.39 is 11.9 Å². The van der Waals surface area contributed by atoms with Gasteiger partial charge < -0.3 is 15.9 Å². The molecule has 72 valence electrons. The van der Waals surface area contributed by atoms with Crippen LogP contribution in [-0.2, 0) is 21.7 Å². The number of carboxylic acid groups (broad SMARTS) is 2. The van der Waals surface area contributed by atoms with Crippen LogP contribution >= 0.6 is 0 Å². The van der Waals surface area contributed by atoms with E-state index in [2.05, 4.69) is 0 Å². The Morgan fingerprint density at radius 3 is 2.07 bits per heavy atom. The molecule has 0 saturated carbocycles. The maximum atomic E-state index is 10.5. The maximum absolute atomic E-state index is 10.5. The summed E-state index contributed by atoms with van der Waals surface area (Å²) < 4.78 is 0. The Kier molecular flexibility index (Phi) is 4.33. The van der Waals surface area contributed by atoms with Crippen LogP contribution in [0.25, 0.3) is 0 Å². The first-order chi connectivity index (χ1) is 6.02. The summed E-state index contributed by atoms with van der Waals surface area (Å²) in [5.41, 5.74) is 5.15. The minimum absolute atomic E-state index is 0. The van der Waals surface area contributed by atoms with Gasteiger partial charge in [0.25, 0.3) is 0 Å². The van der Waals surface area contributed by atoms with Gasteiger partial charge in [-0.2, -0.15) is 0 Å². The fourth-order valence-electron chi connectivity index (χ4n) is 0.891. The Morgan fingerprint density at radius 1 is 1.14 bits per heavy atom. The fourth-order valence-corrected chi connectivity index (χ4v) is 0.891. The number of hydrogen-bond acceptors (Lipinski definition) is 3. The summed E-state index contributed by atoms with van der Waals surface area (Å²) >= 11 is 0. The van der Waals surface area contributed by atoms with E-state index in [0.29, 0.717) is 0 Å². The van der Waals surface area contributed by atoms with Crippen molar-refractivity contribution >= 4 is 17.6 Å². The average molecular weight is 229 g/mol. The van der Waals surface area contributed by atoms with Crippen molar-refractivity contribution < 1.29 is 41.5 Å². The van der Waals surface area contributed by atoms with Crippen LogP contribution in [0.1, 0.15) is 20.7 Å². The molecule has 5 nitrogen and oxygen atoms in total. The summed E-state index contributed by atoms with van der Waals surface area (Å²) in [6, 6.07) is 3.48. The summed E-state index contributed by atoms with van der Waals surface area (Å²) in [6.45, 7) is 0. The van der Waals surface area contributed by atoms with Crippen LogP contribution in [0.15, 0.2) is 18.2 Å². The van der Waals surface area contributed by atoms with Crippen LogP contribution in [0.4, 0.5) is 5.69 Å². The van der Waals surface area contributed by atoms with Crippen LogP contribution in [-0.4, -0.2) is 22.2 Å². The molecule has 0 saturated heterocycles. The molecule has 0 unspecified atom stereocenters. The third-order valence-electron chi connectivity index (χ3n) is 1.53. The van der Waals surface area contributed by atoms with Crippen molar-refractivity contribution in [1.82, 2.24) is 0 Å². The normalized spacial score (nSPS) is 8.86. The van der Waals surface area contributed by atoms with Crippen molar-refractivity contribution in [3.63, 3.8) is 0 Å². The standard InChI is InChI=1S/C8H7NO4.Ti/c9-6-3-4(7(10)11)1-2-5(6)8(12)13;/h1-3H,9H2,(H,10,11)(H,12,13);. The number of carbonyl (C=O) groups is 2. The van der Waals surface area contributed by atoms with Gasteiger partial charge in [-0.1, -0.05) is 0 Å². The van der Waals surface area contributed by atoms with Gasteiger partial charge in [-0.05, 0) is 18.2 Å². The molecular weight excluding hydrogens is 222 g/mol. The number of nitrogens with two attached hydrogens (primary N) is 1. The van der Waals surface area contributed by atoms with Gasteiger partial charge in [0.05, 0.1) is 11.1 Å². The number of benzene rings is 1. The molecule has 0 fully saturated rings. The molecular formula is C8H7NO4Ti. The smallest absolute Gasteiger partial charge is 0.337 e. The molecule has 0 aliphatic heterocycles. The number of aromatic carboxylic acids is 2. The van der Waals surface area contributed by atoms with Gasteiger partial charge in [-0.3, -0.25) is 0 Å². The van der Waals surface area contributed by atoms with Crippen molar-refractivity contribution in [2.75, 3.05) is 5.73 Å². The summed E-state index contributed by atoms with van der Waals surface area (Å²) in [5.74, 6) is -2.31. The van der Waals surface area contributed by atoms with Crippen molar-refractivity contribution in [2.24, 2.45) is 0 Å². The summed E-state index contributed by atoms with van der Waals surface area (Å²) in [5, 5.41) is 17.1. The predicted octanol–water partition coefficient (Wildman–Crippen LogP) is 0.663. The van der Waals surface area contributed by atoms with E-state index >= 15 is 0 Å². The van der Waals surface area contributed by atoms with Crippen molar-refractivity contribution in [3.8, 4) is 0 Å². The van der Waals surface area contributed by atoms with Gasteiger partial charge in [0.1, 0.15) is 0 Å². The molecule has 0 aliphatic rings. The van der Waals surface area contributed by atoms with Crippen LogP contribution in [0.5, 0.6) is 0 Å². The second-order valence-corrected chi connectivity index (χ2v) is 2.41. The SMILES string of the molecule is Nc1cc(C(=O)O)ccc1C(=O)O.[Ti]. The summed E-state index contributed by atoms with van der Waals surface area (Å²) in [7, 11) is 0. The number of anilines is 1. The van der Waals surface area contributed by atoms with E-state index in [1.807, 2.05) is 0 Å². The number of carboxylic acids is 2. The average Bonchev–Trinajstić information content (AvgIpc) is 2.03.